The molecular formula is C11H18N2O2. The van der Waals surface area contributed by atoms with Gasteiger partial charge in [0.2, 0.25) is 0 Å². The molecule has 0 aromatic rings. The standard InChI is InChI=1S/C11H18N2O2/c1-3-15-11(14)10-6-4-5-7-13(10)9(2)8-12/h9-10H,3-7H2,1-2H3. The minimum Gasteiger partial charge on any atom is -0.465 e. The zero-order valence-corrected chi connectivity index (χ0v) is 9.40. The van der Waals surface area contributed by atoms with E-state index in [1.54, 1.807) is 6.92 Å². The molecule has 84 valence electrons. The molecule has 0 N–H and O–H groups in total. The van der Waals surface area contributed by atoms with Gasteiger partial charge in [0.05, 0.1) is 18.7 Å². The smallest absolute Gasteiger partial charge is 0.323 e. The van der Waals surface area contributed by atoms with E-state index in [0.717, 1.165) is 25.8 Å². The third-order valence-corrected chi connectivity index (χ3v) is 2.79. The van der Waals surface area contributed by atoms with Crippen molar-refractivity contribution in [3.63, 3.8) is 0 Å². The minimum atomic E-state index is -0.214. The third-order valence-electron chi connectivity index (χ3n) is 2.79. The molecule has 2 atom stereocenters. The van der Waals surface area contributed by atoms with E-state index in [9.17, 15) is 4.79 Å². The summed E-state index contributed by atoms with van der Waals surface area (Å²) in [7, 11) is 0. The van der Waals surface area contributed by atoms with Crippen molar-refractivity contribution in [3.05, 3.63) is 0 Å². The lowest BCUT2D eigenvalue weighted by molar-refractivity contribution is -0.151. The highest BCUT2D eigenvalue weighted by atomic mass is 16.5. The number of carbonyl (C=O) groups is 1. The summed E-state index contributed by atoms with van der Waals surface area (Å²) < 4.78 is 5.02. The number of hydrogen-bond acceptors (Lipinski definition) is 4. The Morgan fingerprint density at radius 2 is 2.40 bits per heavy atom. The van der Waals surface area contributed by atoms with Gasteiger partial charge in [0.15, 0.2) is 0 Å². The number of carbonyl (C=O) groups excluding carboxylic acids is 1. The molecule has 4 heteroatoms. The van der Waals surface area contributed by atoms with Crippen LogP contribution in [0.2, 0.25) is 0 Å². The monoisotopic (exact) mass is 210 g/mol. The van der Waals surface area contributed by atoms with Crippen molar-refractivity contribution in [1.82, 2.24) is 4.90 Å². The first-order valence-electron chi connectivity index (χ1n) is 5.52. The van der Waals surface area contributed by atoms with Gasteiger partial charge in [-0.25, -0.2) is 0 Å². The van der Waals surface area contributed by atoms with Gasteiger partial charge in [-0.1, -0.05) is 6.42 Å². The summed E-state index contributed by atoms with van der Waals surface area (Å²) in [4.78, 5) is 13.6. The molecule has 0 aliphatic carbocycles. The predicted molar refractivity (Wildman–Crippen MR) is 56.1 cm³/mol. The van der Waals surface area contributed by atoms with Crippen LogP contribution < -0.4 is 0 Å². The number of esters is 1. The summed E-state index contributed by atoms with van der Waals surface area (Å²) in [5, 5.41) is 8.87. The summed E-state index contributed by atoms with van der Waals surface area (Å²) in [6.45, 7) is 4.86. The molecule has 0 radical (unpaired) electrons. The highest BCUT2D eigenvalue weighted by Crippen LogP contribution is 2.20. The van der Waals surface area contributed by atoms with Crippen LogP contribution in [0.5, 0.6) is 0 Å². The maximum atomic E-state index is 11.7. The minimum absolute atomic E-state index is 0.181. The summed E-state index contributed by atoms with van der Waals surface area (Å²) in [6, 6.07) is 1.76. The summed E-state index contributed by atoms with van der Waals surface area (Å²) >= 11 is 0. The second kappa shape index (κ2) is 5.72. The van der Waals surface area contributed by atoms with Crippen LogP contribution in [-0.4, -0.2) is 36.1 Å². The van der Waals surface area contributed by atoms with Gasteiger partial charge in [-0.15, -0.1) is 0 Å². The second-order valence-electron chi connectivity index (χ2n) is 3.81. The van der Waals surface area contributed by atoms with Crippen LogP contribution in [0.25, 0.3) is 0 Å². The molecule has 1 aliphatic rings. The Labute approximate surface area is 90.8 Å². The van der Waals surface area contributed by atoms with E-state index in [1.165, 1.54) is 0 Å². The van der Waals surface area contributed by atoms with E-state index in [4.69, 9.17) is 10.00 Å². The molecule has 0 saturated carbocycles. The van der Waals surface area contributed by atoms with Crippen molar-refractivity contribution in [2.45, 2.75) is 45.2 Å². The molecule has 4 nitrogen and oxygen atoms in total. The zero-order chi connectivity index (χ0) is 11.3. The quantitative estimate of drug-likeness (QED) is 0.659. The first-order chi connectivity index (χ1) is 7.20. The number of hydrogen-bond donors (Lipinski definition) is 0. The van der Waals surface area contributed by atoms with Gasteiger partial charge in [0.1, 0.15) is 6.04 Å². The van der Waals surface area contributed by atoms with Crippen molar-refractivity contribution < 1.29 is 9.53 Å². The number of likely N-dealkylation sites (tertiary alicyclic amines) is 1. The maximum absolute atomic E-state index is 11.7. The molecule has 1 saturated heterocycles. The zero-order valence-electron chi connectivity index (χ0n) is 9.40. The Bertz CT molecular complexity index is 260. The summed E-state index contributed by atoms with van der Waals surface area (Å²) in [5.74, 6) is -0.181. The highest BCUT2D eigenvalue weighted by Gasteiger charge is 2.32. The van der Waals surface area contributed by atoms with Crippen LogP contribution in [0.15, 0.2) is 0 Å². The largest absolute Gasteiger partial charge is 0.465 e. The van der Waals surface area contributed by atoms with Crippen molar-refractivity contribution >= 4 is 5.97 Å². The Morgan fingerprint density at radius 3 is 3.00 bits per heavy atom. The second-order valence-corrected chi connectivity index (χ2v) is 3.81. The summed E-state index contributed by atoms with van der Waals surface area (Å²) in [5.41, 5.74) is 0. The fraction of sp³-hybridized carbons (Fsp3) is 0.818. The fourth-order valence-corrected chi connectivity index (χ4v) is 1.98. The lowest BCUT2D eigenvalue weighted by Crippen LogP contribution is -2.49. The van der Waals surface area contributed by atoms with Crippen LogP contribution in [0, 0.1) is 11.3 Å². The number of rotatable bonds is 3. The van der Waals surface area contributed by atoms with Gasteiger partial charge in [0, 0.05) is 6.54 Å². The normalized spacial score (nSPS) is 24.2. The first-order valence-corrected chi connectivity index (χ1v) is 5.52. The summed E-state index contributed by atoms with van der Waals surface area (Å²) in [6.07, 6.45) is 2.91. The van der Waals surface area contributed by atoms with E-state index in [1.807, 2.05) is 11.8 Å². The SMILES string of the molecule is CCOC(=O)C1CCCCN1C(C)C#N. The van der Waals surface area contributed by atoms with Crippen molar-refractivity contribution in [2.24, 2.45) is 0 Å². The average Bonchev–Trinajstić information content (AvgIpc) is 2.28. The Balaban J connectivity index is 2.65. The van der Waals surface area contributed by atoms with Gasteiger partial charge in [-0.3, -0.25) is 9.69 Å². The Kier molecular flexibility index (Phi) is 4.57. The van der Waals surface area contributed by atoms with Gasteiger partial charge in [-0.2, -0.15) is 5.26 Å². The van der Waals surface area contributed by atoms with E-state index in [2.05, 4.69) is 6.07 Å². The molecule has 2 unspecified atom stereocenters. The molecular weight excluding hydrogens is 192 g/mol. The molecule has 1 fully saturated rings. The number of nitriles is 1. The molecule has 1 rings (SSSR count). The third kappa shape index (κ3) is 2.93. The molecule has 0 aromatic heterocycles. The van der Waals surface area contributed by atoms with Gasteiger partial charge >= 0.3 is 5.97 Å². The predicted octanol–water partition coefficient (Wildman–Crippen LogP) is 1.32. The van der Waals surface area contributed by atoms with Crippen molar-refractivity contribution in [2.75, 3.05) is 13.2 Å². The Hall–Kier alpha value is -1.08. The van der Waals surface area contributed by atoms with Crippen LogP contribution in [0.1, 0.15) is 33.1 Å². The molecule has 0 aromatic carbocycles. The van der Waals surface area contributed by atoms with Gasteiger partial charge < -0.3 is 4.74 Å². The van der Waals surface area contributed by atoms with Crippen LogP contribution in [0.4, 0.5) is 0 Å². The van der Waals surface area contributed by atoms with Gasteiger partial charge in [0.25, 0.3) is 0 Å². The number of ether oxygens (including phenoxy) is 1. The fourth-order valence-electron chi connectivity index (χ4n) is 1.98. The van der Waals surface area contributed by atoms with Crippen molar-refractivity contribution in [1.29, 1.82) is 5.26 Å². The number of piperidine rings is 1. The molecule has 0 amide bonds. The molecule has 0 spiro atoms. The molecule has 1 heterocycles. The topological polar surface area (TPSA) is 53.3 Å². The van der Waals surface area contributed by atoms with Crippen LogP contribution in [-0.2, 0) is 9.53 Å². The maximum Gasteiger partial charge on any atom is 0.323 e. The van der Waals surface area contributed by atoms with Crippen LogP contribution in [0.3, 0.4) is 0 Å². The van der Waals surface area contributed by atoms with Crippen molar-refractivity contribution in [3.8, 4) is 6.07 Å². The molecule has 1 aliphatic heterocycles. The number of nitrogens with zero attached hydrogens (tertiary/aromatic N) is 2. The first kappa shape index (κ1) is 12.0. The van der Waals surface area contributed by atoms with Gasteiger partial charge in [-0.05, 0) is 26.7 Å². The lowest BCUT2D eigenvalue weighted by Gasteiger charge is -2.35. The van der Waals surface area contributed by atoms with E-state index in [0.29, 0.717) is 6.61 Å². The molecule has 0 bridgehead atoms. The lowest BCUT2D eigenvalue weighted by atomic mass is 10.0. The Morgan fingerprint density at radius 1 is 1.67 bits per heavy atom. The average molecular weight is 210 g/mol. The van der Waals surface area contributed by atoms with E-state index < -0.39 is 0 Å². The van der Waals surface area contributed by atoms with E-state index >= 15 is 0 Å². The van der Waals surface area contributed by atoms with Crippen LogP contribution >= 0.6 is 0 Å². The van der Waals surface area contributed by atoms with E-state index in [-0.39, 0.29) is 18.1 Å². The molecule has 15 heavy (non-hydrogen) atoms. The highest BCUT2D eigenvalue weighted by molar-refractivity contribution is 5.76.